The molecule has 0 saturated carbocycles. The lowest BCUT2D eigenvalue weighted by molar-refractivity contribution is -0.0764. The highest BCUT2D eigenvalue weighted by atomic mass is 16.5. The Bertz CT molecular complexity index is 1090. The minimum Gasteiger partial charge on any atom is -0.497 e. The summed E-state index contributed by atoms with van der Waals surface area (Å²) in [5.74, 6) is 0.619. The first-order chi connectivity index (χ1) is 16.6. The number of carbonyl (C=O) groups is 1. The lowest BCUT2D eigenvalue weighted by Crippen LogP contribution is -2.44. The Labute approximate surface area is 199 Å². The van der Waals surface area contributed by atoms with Gasteiger partial charge in [0.05, 0.1) is 24.5 Å². The van der Waals surface area contributed by atoms with Crippen LogP contribution in [0.5, 0.6) is 5.75 Å². The standard InChI is InChI=1S/C26H31N5O3/c1-33-21-6-4-20(5-7-21)23-15-24(30-29-23)25(32)28-17-22-8-9-26(34-22)10-13-31(14-11-26)18-19-3-2-12-27-16-19/h2-7,12,15-16,22H,8-11,13-14,17-18H2,1H3,(H,28,32)(H,29,30). The second-order valence-corrected chi connectivity index (χ2v) is 9.20. The topological polar surface area (TPSA) is 92.4 Å². The van der Waals surface area contributed by atoms with E-state index in [0.29, 0.717) is 12.2 Å². The van der Waals surface area contributed by atoms with E-state index in [1.54, 1.807) is 13.2 Å². The van der Waals surface area contributed by atoms with Crippen molar-refractivity contribution in [2.45, 2.75) is 43.9 Å². The summed E-state index contributed by atoms with van der Waals surface area (Å²) < 4.78 is 11.7. The summed E-state index contributed by atoms with van der Waals surface area (Å²) >= 11 is 0. The lowest BCUT2D eigenvalue weighted by atomic mass is 9.88. The number of H-pyrrole nitrogens is 1. The van der Waals surface area contributed by atoms with E-state index < -0.39 is 0 Å². The fourth-order valence-corrected chi connectivity index (χ4v) is 4.92. The van der Waals surface area contributed by atoms with Crippen molar-refractivity contribution in [1.82, 2.24) is 25.4 Å². The molecule has 2 N–H and O–H groups in total. The Morgan fingerprint density at radius 1 is 1.24 bits per heavy atom. The van der Waals surface area contributed by atoms with Crippen molar-refractivity contribution >= 4 is 5.91 Å². The van der Waals surface area contributed by atoms with E-state index in [1.165, 1.54) is 5.56 Å². The highest BCUT2D eigenvalue weighted by molar-refractivity contribution is 5.93. The van der Waals surface area contributed by atoms with E-state index in [0.717, 1.165) is 62.3 Å². The SMILES string of the molecule is COc1ccc(-c2cc(C(=O)NCC3CCC4(CCN(Cc5cccnc5)CC4)O3)[nH]n2)cc1. The van der Waals surface area contributed by atoms with E-state index in [-0.39, 0.29) is 17.6 Å². The summed E-state index contributed by atoms with van der Waals surface area (Å²) in [6.07, 6.45) is 7.90. The molecule has 0 radical (unpaired) electrons. The highest BCUT2D eigenvalue weighted by Crippen LogP contribution is 2.39. The van der Waals surface area contributed by atoms with Gasteiger partial charge in [-0.3, -0.25) is 19.8 Å². The highest BCUT2D eigenvalue weighted by Gasteiger charge is 2.42. The van der Waals surface area contributed by atoms with Gasteiger partial charge in [-0.05, 0) is 67.6 Å². The van der Waals surface area contributed by atoms with Crippen LogP contribution in [-0.2, 0) is 11.3 Å². The molecule has 178 valence electrons. The number of pyridine rings is 1. The maximum absolute atomic E-state index is 12.7. The predicted octanol–water partition coefficient (Wildman–Crippen LogP) is 3.42. The van der Waals surface area contributed by atoms with Crippen LogP contribution in [-0.4, -0.2) is 64.4 Å². The number of methoxy groups -OCH3 is 1. The summed E-state index contributed by atoms with van der Waals surface area (Å²) in [6, 6.07) is 13.5. The minimum atomic E-state index is -0.164. The molecular formula is C26H31N5O3. The quantitative estimate of drug-likeness (QED) is 0.560. The molecule has 2 aliphatic rings. The second-order valence-electron chi connectivity index (χ2n) is 9.20. The number of aromatic amines is 1. The van der Waals surface area contributed by atoms with E-state index in [9.17, 15) is 4.79 Å². The van der Waals surface area contributed by atoms with Gasteiger partial charge in [-0.15, -0.1) is 0 Å². The molecule has 0 bridgehead atoms. The van der Waals surface area contributed by atoms with Gasteiger partial charge in [0.15, 0.2) is 0 Å². The van der Waals surface area contributed by atoms with E-state index >= 15 is 0 Å². The Kier molecular flexibility index (Phi) is 6.60. The third kappa shape index (κ3) is 5.13. The van der Waals surface area contributed by atoms with E-state index in [2.05, 4.69) is 31.5 Å². The van der Waals surface area contributed by atoms with Gasteiger partial charge in [-0.25, -0.2) is 0 Å². The van der Waals surface area contributed by atoms with Crippen LogP contribution in [0.15, 0.2) is 54.9 Å². The van der Waals surface area contributed by atoms with Gasteiger partial charge in [-0.2, -0.15) is 5.10 Å². The zero-order chi connectivity index (χ0) is 23.4. The number of rotatable bonds is 7. The predicted molar refractivity (Wildman–Crippen MR) is 128 cm³/mol. The number of carbonyl (C=O) groups excluding carboxylic acids is 1. The Morgan fingerprint density at radius 2 is 2.06 bits per heavy atom. The molecule has 8 heteroatoms. The third-order valence-corrected chi connectivity index (χ3v) is 6.93. The molecule has 2 aromatic heterocycles. The molecule has 8 nitrogen and oxygen atoms in total. The molecule has 2 fully saturated rings. The zero-order valence-corrected chi connectivity index (χ0v) is 19.5. The first kappa shape index (κ1) is 22.6. The van der Waals surface area contributed by atoms with Crippen LogP contribution in [0, 0.1) is 0 Å². The number of likely N-dealkylation sites (tertiary alicyclic amines) is 1. The van der Waals surface area contributed by atoms with Crippen molar-refractivity contribution in [2.24, 2.45) is 0 Å². The molecule has 3 aromatic rings. The Hall–Kier alpha value is -3.23. The van der Waals surface area contributed by atoms with Crippen LogP contribution >= 0.6 is 0 Å². The molecular weight excluding hydrogens is 430 g/mol. The maximum Gasteiger partial charge on any atom is 0.269 e. The average Bonchev–Trinajstić information content (AvgIpc) is 3.53. The van der Waals surface area contributed by atoms with Crippen LogP contribution in [0.1, 0.15) is 41.7 Å². The summed E-state index contributed by atoms with van der Waals surface area (Å²) in [4.78, 5) is 19.3. The van der Waals surface area contributed by atoms with Gasteiger partial charge in [0.25, 0.3) is 5.91 Å². The number of amides is 1. The molecule has 2 aliphatic heterocycles. The zero-order valence-electron chi connectivity index (χ0n) is 19.5. The van der Waals surface area contributed by atoms with Crippen LogP contribution in [0.4, 0.5) is 0 Å². The molecule has 2 saturated heterocycles. The number of benzene rings is 1. The van der Waals surface area contributed by atoms with Crippen LogP contribution < -0.4 is 10.1 Å². The van der Waals surface area contributed by atoms with Gasteiger partial charge in [-0.1, -0.05) is 6.07 Å². The number of ether oxygens (including phenoxy) is 2. The summed E-state index contributed by atoms with van der Waals surface area (Å²) in [7, 11) is 1.63. The number of piperidine rings is 1. The Morgan fingerprint density at radius 3 is 2.79 bits per heavy atom. The maximum atomic E-state index is 12.7. The number of nitrogens with one attached hydrogen (secondary N) is 2. The summed E-state index contributed by atoms with van der Waals surface area (Å²) in [6.45, 7) is 3.50. The van der Waals surface area contributed by atoms with Crippen molar-refractivity contribution in [3.63, 3.8) is 0 Å². The van der Waals surface area contributed by atoms with E-state index in [4.69, 9.17) is 9.47 Å². The first-order valence-electron chi connectivity index (χ1n) is 11.9. The number of hydrogen-bond donors (Lipinski definition) is 2. The van der Waals surface area contributed by atoms with Crippen LogP contribution in [0.25, 0.3) is 11.3 Å². The Balaban J connectivity index is 1.09. The summed E-state index contributed by atoms with van der Waals surface area (Å²) in [5.41, 5.74) is 3.30. The number of aromatic nitrogens is 3. The number of hydrogen-bond acceptors (Lipinski definition) is 6. The minimum absolute atomic E-state index is 0.0453. The first-order valence-corrected chi connectivity index (χ1v) is 11.9. The van der Waals surface area contributed by atoms with Gasteiger partial charge in [0, 0.05) is 44.1 Å². The molecule has 1 spiro atoms. The van der Waals surface area contributed by atoms with Crippen LogP contribution in [0.2, 0.25) is 0 Å². The lowest BCUT2D eigenvalue weighted by Gasteiger charge is -2.39. The molecule has 0 aliphatic carbocycles. The number of nitrogens with zero attached hydrogens (tertiary/aromatic N) is 3. The third-order valence-electron chi connectivity index (χ3n) is 6.93. The largest absolute Gasteiger partial charge is 0.497 e. The monoisotopic (exact) mass is 461 g/mol. The van der Waals surface area contributed by atoms with Crippen molar-refractivity contribution in [3.8, 4) is 17.0 Å². The van der Waals surface area contributed by atoms with Gasteiger partial charge < -0.3 is 14.8 Å². The second kappa shape index (κ2) is 9.95. The van der Waals surface area contributed by atoms with Crippen molar-refractivity contribution in [2.75, 3.05) is 26.7 Å². The fourth-order valence-electron chi connectivity index (χ4n) is 4.92. The van der Waals surface area contributed by atoms with E-state index in [1.807, 2.05) is 42.7 Å². The van der Waals surface area contributed by atoms with Gasteiger partial charge in [0.2, 0.25) is 0 Å². The molecule has 5 rings (SSSR count). The molecule has 1 amide bonds. The normalized spacial score (nSPS) is 19.9. The smallest absolute Gasteiger partial charge is 0.269 e. The van der Waals surface area contributed by atoms with Crippen molar-refractivity contribution in [1.29, 1.82) is 0 Å². The molecule has 1 aromatic carbocycles. The average molecular weight is 462 g/mol. The fraction of sp³-hybridized carbons (Fsp3) is 0.423. The molecule has 1 unspecified atom stereocenters. The molecule has 4 heterocycles. The van der Waals surface area contributed by atoms with Crippen LogP contribution in [0.3, 0.4) is 0 Å². The van der Waals surface area contributed by atoms with Gasteiger partial charge in [0.1, 0.15) is 11.4 Å². The summed E-state index contributed by atoms with van der Waals surface area (Å²) in [5, 5.41) is 10.1. The van der Waals surface area contributed by atoms with Crippen molar-refractivity contribution < 1.29 is 14.3 Å². The van der Waals surface area contributed by atoms with Crippen molar-refractivity contribution in [3.05, 3.63) is 66.1 Å². The molecule has 1 atom stereocenters. The molecule has 34 heavy (non-hydrogen) atoms. The van der Waals surface area contributed by atoms with Gasteiger partial charge >= 0.3 is 0 Å².